The highest BCUT2D eigenvalue weighted by molar-refractivity contribution is 5.99. The number of carboxylic acids is 1. The van der Waals surface area contributed by atoms with Gasteiger partial charge < -0.3 is 9.67 Å². The molecule has 0 aliphatic rings. The number of rotatable bonds is 4. The van der Waals surface area contributed by atoms with Crippen LogP contribution in [-0.2, 0) is 7.05 Å². The van der Waals surface area contributed by atoms with Gasteiger partial charge in [0.05, 0.1) is 11.8 Å². The van der Waals surface area contributed by atoms with Crippen molar-refractivity contribution in [3.8, 4) is 0 Å². The number of nitrogens with one attached hydrogen (secondary N) is 1. The second-order valence-corrected chi connectivity index (χ2v) is 4.82. The Morgan fingerprint density at radius 2 is 2.14 bits per heavy atom. The Hall–Kier alpha value is -3.15. The minimum atomic E-state index is -1.00. The molecule has 1 aromatic carbocycles. The molecule has 0 atom stereocenters. The quantitative estimate of drug-likeness (QED) is 0.573. The van der Waals surface area contributed by atoms with Gasteiger partial charge in [0.2, 0.25) is 0 Å². The summed E-state index contributed by atoms with van der Waals surface area (Å²) >= 11 is 0. The highest BCUT2D eigenvalue weighted by atomic mass is 16.4. The van der Waals surface area contributed by atoms with Gasteiger partial charge in [-0.1, -0.05) is 18.2 Å². The standard InChI is InChI=1S/C16H14N4O2/c1-20-10-12(13-4-2-3-5-14(13)20)9-18-19-15-7-6-11(8-17-15)16(21)22/h2-10H,1H3,(H,17,19)(H,21,22)/b18-9+. The second-order valence-electron chi connectivity index (χ2n) is 4.82. The van der Waals surface area contributed by atoms with E-state index in [2.05, 4.69) is 15.5 Å². The summed E-state index contributed by atoms with van der Waals surface area (Å²) in [5.74, 6) is -0.514. The second kappa shape index (κ2) is 5.69. The number of para-hydroxylation sites is 1. The van der Waals surface area contributed by atoms with Crippen LogP contribution in [0.15, 0.2) is 53.9 Å². The van der Waals surface area contributed by atoms with Crippen LogP contribution < -0.4 is 5.43 Å². The zero-order valence-electron chi connectivity index (χ0n) is 11.9. The minimum absolute atomic E-state index is 0.142. The number of aromatic carboxylic acids is 1. The highest BCUT2D eigenvalue weighted by Gasteiger charge is 2.04. The first-order valence-corrected chi connectivity index (χ1v) is 6.67. The zero-order chi connectivity index (χ0) is 15.5. The van der Waals surface area contributed by atoms with Gasteiger partial charge in [-0.3, -0.25) is 5.43 Å². The van der Waals surface area contributed by atoms with E-state index in [0.717, 1.165) is 16.5 Å². The highest BCUT2D eigenvalue weighted by Crippen LogP contribution is 2.18. The number of pyridine rings is 1. The molecule has 0 fully saturated rings. The van der Waals surface area contributed by atoms with E-state index < -0.39 is 5.97 Å². The van der Waals surface area contributed by atoms with Crippen molar-refractivity contribution in [2.75, 3.05) is 5.43 Å². The van der Waals surface area contributed by atoms with Gasteiger partial charge in [-0.2, -0.15) is 5.10 Å². The number of benzene rings is 1. The number of carbonyl (C=O) groups is 1. The number of carboxylic acid groups (broad SMARTS) is 1. The lowest BCUT2D eigenvalue weighted by atomic mass is 10.2. The average Bonchev–Trinajstić information content (AvgIpc) is 2.85. The van der Waals surface area contributed by atoms with Crippen molar-refractivity contribution in [3.05, 3.63) is 59.9 Å². The Labute approximate surface area is 126 Å². The summed E-state index contributed by atoms with van der Waals surface area (Å²) in [5.41, 5.74) is 5.06. The molecule has 3 rings (SSSR count). The van der Waals surface area contributed by atoms with Crippen molar-refractivity contribution in [3.63, 3.8) is 0 Å². The minimum Gasteiger partial charge on any atom is -0.478 e. The summed E-state index contributed by atoms with van der Waals surface area (Å²) in [6, 6.07) is 11.1. The van der Waals surface area contributed by atoms with E-state index in [1.54, 1.807) is 12.3 Å². The number of nitrogens with zero attached hydrogens (tertiary/aromatic N) is 3. The SMILES string of the molecule is Cn1cc(/C=N/Nc2ccc(C(=O)O)cn2)c2ccccc21. The number of aryl methyl sites for hydroxylation is 1. The Morgan fingerprint density at radius 3 is 2.86 bits per heavy atom. The Balaban J connectivity index is 1.77. The Kier molecular flexibility index (Phi) is 3.57. The predicted octanol–water partition coefficient (Wildman–Crippen LogP) is 2.72. The smallest absolute Gasteiger partial charge is 0.337 e. The van der Waals surface area contributed by atoms with Gasteiger partial charge in [-0.15, -0.1) is 0 Å². The number of anilines is 1. The van der Waals surface area contributed by atoms with E-state index >= 15 is 0 Å². The first-order chi connectivity index (χ1) is 10.6. The number of hydrogen-bond donors (Lipinski definition) is 2. The Bertz CT molecular complexity index is 850. The van der Waals surface area contributed by atoms with Crippen LogP contribution in [-0.4, -0.2) is 26.8 Å². The largest absolute Gasteiger partial charge is 0.478 e. The molecule has 22 heavy (non-hydrogen) atoms. The molecule has 0 spiro atoms. The molecule has 0 saturated carbocycles. The molecule has 0 amide bonds. The third-order valence-electron chi connectivity index (χ3n) is 3.32. The Morgan fingerprint density at radius 1 is 1.32 bits per heavy atom. The van der Waals surface area contributed by atoms with Gasteiger partial charge in [0.15, 0.2) is 0 Å². The molecule has 0 aliphatic heterocycles. The summed E-state index contributed by atoms with van der Waals surface area (Å²) < 4.78 is 2.04. The van der Waals surface area contributed by atoms with E-state index in [9.17, 15) is 4.79 Å². The number of aromatic nitrogens is 2. The van der Waals surface area contributed by atoms with Gasteiger partial charge in [0, 0.05) is 35.9 Å². The summed E-state index contributed by atoms with van der Waals surface area (Å²) in [4.78, 5) is 14.7. The van der Waals surface area contributed by atoms with E-state index in [-0.39, 0.29) is 5.56 Å². The van der Waals surface area contributed by atoms with Crippen molar-refractivity contribution in [1.29, 1.82) is 0 Å². The van der Waals surface area contributed by atoms with E-state index in [0.29, 0.717) is 5.82 Å². The van der Waals surface area contributed by atoms with Crippen molar-refractivity contribution in [2.24, 2.45) is 12.1 Å². The monoisotopic (exact) mass is 294 g/mol. The molecule has 6 nitrogen and oxygen atoms in total. The van der Waals surface area contributed by atoms with Gasteiger partial charge in [-0.25, -0.2) is 9.78 Å². The van der Waals surface area contributed by atoms with Crippen molar-refractivity contribution in [2.45, 2.75) is 0 Å². The van der Waals surface area contributed by atoms with Crippen molar-refractivity contribution < 1.29 is 9.90 Å². The zero-order valence-corrected chi connectivity index (χ0v) is 11.9. The molecule has 0 bridgehead atoms. The third kappa shape index (κ3) is 2.67. The lowest BCUT2D eigenvalue weighted by Crippen LogP contribution is -1.99. The summed E-state index contributed by atoms with van der Waals surface area (Å²) in [5, 5.41) is 14.1. The van der Waals surface area contributed by atoms with Crippen molar-refractivity contribution >= 4 is 28.9 Å². The molecule has 0 aliphatic carbocycles. The molecule has 2 aromatic heterocycles. The molecule has 2 N–H and O–H groups in total. The molecule has 0 radical (unpaired) electrons. The predicted molar refractivity (Wildman–Crippen MR) is 85.3 cm³/mol. The van der Waals surface area contributed by atoms with Gasteiger partial charge >= 0.3 is 5.97 Å². The molecule has 0 saturated heterocycles. The summed E-state index contributed by atoms with van der Waals surface area (Å²) in [6.45, 7) is 0. The number of hydrogen-bond acceptors (Lipinski definition) is 4. The molecular weight excluding hydrogens is 280 g/mol. The average molecular weight is 294 g/mol. The lowest BCUT2D eigenvalue weighted by molar-refractivity contribution is 0.0696. The van der Waals surface area contributed by atoms with Crippen LogP contribution in [0.1, 0.15) is 15.9 Å². The third-order valence-corrected chi connectivity index (χ3v) is 3.32. The fourth-order valence-electron chi connectivity index (χ4n) is 2.23. The normalized spacial score (nSPS) is 11.1. The molecule has 110 valence electrons. The first kappa shape index (κ1) is 13.8. The van der Waals surface area contributed by atoms with Crippen LogP contribution in [0, 0.1) is 0 Å². The number of hydrazone groups is 1. The van der Waals surface area contributed by atoms with E-state index in [4.69, 9.17) is 5.11 Å². The topological polar surface area (TPSA) is 79.5 Å². The maximum absolute atomic E-state index is 10.7. The fraction of sp³-hybridized carbons (Fsp3) is 0.0625. The van der Waals surface area contributed by atoms with E-state index in [1.165, 1.54) is 12.3 Å². The first-order valence-electron chi connectivity index (χ1n) is 6.67. The maximum Gasteiger partial charge on any atom is 0.337 e. The van der Waals surface area contributed by atoms with Gasteiger partial charge in [-0.05, 0) is 18.2 Å². The van der Waals surface area contributed by atoms with Gasteiger partial charge in [0.1, 0.15) is 5.82 Å². The molecule has 3 aromatic rings. The fourth-order valence-corrected chi connectivity index (χ4v) is 2.23. The van der Waals surface area contributed by atoms with Crippen LogP contribution in [0.2, 0.25) is 0 Å². The van der Waals surface area contributed by atoms with Gasteiger partial charge in [0.25, 0.3) is 0 Å². The summed E-state index contributed by atoms with van der Waals surface area (Å²) in [6.07, 6.45) is 5.00. The van der Waals surface area contributed by atoms with Crippen LogP contribution in [0.4, 0.5) is 5.82 Å². The summed E-state index contributed by atoms with van der Waals surface area (Å²) in [7, 11) is 1.99. The van der Waals surface area contributed by atoms with Crippen LogP contribution in [0.5, 0.6) is 0 Å². The van der Waals surface area contributed by atoms with E-state index in [1.807, 2.05) is 42.1 Å². The molecular formula is C16H14N4O2. The van der Waals surface area contributed by atoms with Crippen LogP contribution >= 0.6 is 0 Å². The van der Waals surface area contributed by atoms with Crippen LogP contribution in [0.25, 0.3) is 10.9 Å². The molecule has 0 unspecified atom stereocenters. The van der Waals surface area contributed by atoms with Crippen LogP contribution in [0.3, 0.4) is 0 Å². The molecule has 6 heteroatoms. The molecule has 2 heterocycles. The number of fused-ring (bicyclic) bond motifs is 1. The maximum atomic E-state index is 10.7. The van der Waals surface area contributed by atoms with Crippen molar-refractivity contribution in [1.82, 2.24) is 9.55 Å². The lowest BCUT2D eigenvalue weighted by Gasteiger charge is -1.99.